The standard InChI is InChI=1S/C18H19FN4O3/c19-15-6-2-1-5-14(15)17(25)22-10-4-9-21(11-12-22)16(24)13-23-8-3-7-20-18(23)26/h1-3,5-8H,4,9-13H2. The number of hydrogen-bond acceptors (Lipinski definition) is 4. The zero-order chi connectivity index (χ0) is 18.5. The first-order chi connectivity index (χ1) is 12.6. The summed E-state index contributed by atoms with van der Waals surface area (Å²) in [4.78, 5) is 43.4. The highest BCUT2D eigenvalue weighted by Gasteiger charge is 2.24. The maximum atomic E-state index is 13.8. The molecule has 3 rings (SSSR count). The summed E-state index contributed by atoms with van der Waals surface area (Å²) in [6, 6.07) is 7.46. The minimum atomic E-state index is -0.550. The third-order valence-electron chi connectivity index (χ3n) is 4.33. The number of nitrogens with zero attached hydrogens (tertiary/aromatic N) is 4. The third-order valence-corrected chi connectivity index (χ3v) is 4.33. The third kappa shape index (κ3) is 3.96. The lowest BCUT2D eigenvalue weighted by Gasteiger charge is -2.22. The molecule has 1 saturated heterocycles. The lowest BCUT2D eigenvalue weighted by molar-refractivity contribution is -0.131. The molecule has 0 spiro atoms. The van der Waals surface area contributed by atoms with E-state index in [9.17, 15) is 18.8 Å². The highest BCUT2D eigenvalue weighted by atomic mass is 19.1. The van der Waals surface area contributed by atoms with E-state index in [0.717, 1.165) is 0 Å². The molecule has 0 saturated carbocycles. The Labute approximate surface area is 149 Å². The monoisotopic (exact) mass is 358 g/mol. The van der Waals surface area contributed by atoms with E-state index in [-0.39, 0.29) is 23.9 Å². The second-order valence-corrected chi connectivity index (χ2v) is 6.04. The van der Waals surface area contributed by atoms with Gasteiger partial charge in [0, 0.05) is 38.6 Å². The van der Waals surface area contributed by atoms with Gasteiger partial charge in [-0.3, -0.25) is 14.2 Å². The van der Waals surface area contributed by atoms with Gasteiger partial charge in [0.15, 0.2) is 0 Å². The predicted octanol–water partition coefficient (Wildman–Crippen LogP) is 0.757. The van der Waals surface area contributed by atoms with E-state index in [0.29, 0.717) is 32.6 Å². The Morgan fingerprint density at radius 1 is 1.04 bits per heavy atom. The summed E-state index contributed by atoms with van der Waals surface area (Å²) in [5.74, 6) is -1.13. The van der Waals surface area contributed by atoms with Crippen molar-refractivity contribution in [1.82, 2.24) is 19.4 Å². The van der Waals surface area contributed by atoms with Crippen molar-refractivity contribution in [3.8, 4) is 0 Å². The van der Waals surface area contributed by atoms with Gasteiger partial charge in [-0.05, 0) is 24.6 Å². The summed E-state index contributed by atoms with van der Waals surface area (Å²) in [7, 11) is 0. The maximum Gasteiger partial charge on any atom is 0.347 e. The van der Waals surface area contributed by atoms with Gasteiger partial charge in [-0.15, -0.1) is 0 Å². The zero-order valence-electron chi connectivity index (χ0n) is 14.2. The van der Waals surface area contributed by atoms with Crippen molar-refractivity contribution in [3.63, 3.8) is 0 Å². The summed E-state index contributed by atoms with van der Waals surface area (Å²) in [6.07, 6.45) is 3.48. The Hall–Kier alpha value is -3.03. The highest BCUT2D eigenvalue weighted by molar-refractivity contribution is 5.94. The van der Waals surface area contributed by atoms with Crippen LogP contribution in [0.15, 0.2) is 47.5 Å². The van der Waals surface area contributed by atoms with Crippen LogP contribution in [0.5, 0.6) is 0 Å². The zero-order valence-corrected chi connectivity index (χ0v) is 14.2. The Bertz CT molecular complexity index is 867. The molecule has 2 aromatic rings. The molecule has 7 nitrogen and oxygen atoms in total. The molecule has 8 heteroatoms. The number of carbonyl (C=O) groups is 2. The lowest BCUT2D eigenvalue weighted by Crippen LogP contribution is -2.40. The number of aromatic nitrogens is 2. The Morgan fingerprint density at radius 3 is 2.54 bits per heavy atom. The molecular weight excluding hydrogens is 339 g/mol. The molecule has 0 radical (unpaired) electrons. The molecule has 0 aliphatic carbocycles. The van der Waals surface area contributed by atoms with E-state index in [1.807, 2.05) is 0 Å². The molecular formula is C18H19FN4O3. The van der Waals surface area contributed by atoms with Gasteiger partial charge in [-0.2, -0.15) is 0 Å². The number of rotatable bonds is 3. The first-order valence-electron chi connectivity index (χ1n) is 8.39. The summed E-state index contributed by atoms with van der Waals surface area (Å²) < 4.78 is 15.1. The molecule has 1 aliphatic rings. The maximum absolute atomic E-state index is 13.8. The highest BCUT2D eigenvalue weighted by Crippen LogP contribution is 2.13. The quantitative estimate of drug-likeness (QED) is 0.812. The number of amides is 2. The van der Waals surface area contributed by atoms with Gasteiger partial charge in [0.05, 0.1) is 5.56 Å². The fraction of sp³-hybridized carbons (Fsp3) is 0.333. The van der Waals surface area contributed by atoms with Crippen molar-refractivity contribution in [2.45, 2.75) is 13.0 Å². The molecule has 0 unspecified atom stereocenters. The van der Waals surface area contributed by atoms with Crippen molar-refractivity contribution in [1.29, 1.82) is 0 Å². The summed E-state index contributed by atoms with van der Waals surface area (Å²) in [5, 5.41) is 0. The van der Waals surface area contributed by atoms with Gasteiger partial charge in [0.1, 0.15) is 12.4 Å². The summed E-state index contributed by atoms with van der Waals surface area (Å²) in [5.41, 5.74) is -0.443. The summed E-state index contributed by atoms with van der Waals surface area (Å²) >= 11 is 0. The van der Waals surface area contributed by atoms with Crippen molar-refractivity contribution in [2.75, 3.05) is 26.2 Å². The Morgan fingerprint density at radius 2 is 1.77 bits per heavy atom. The molecule has 0 bridgehead atoms. The van der Waals surface area contributed by atoms with Crippen molar-refractivity contribution < 1.29 is 14.0 Å². The van der Waals surface area contributed by atoms with Crippen LogP contribution in [0, 0.1) is 5.82 Å². The number of hydrogen-bond donors (Lipinski definition) is 0. The van der Waals surface area contributed by atoms with Gasteiger partial charge >= 0.3 is 5.69 Å². The van der Waals surface area contributed by atoms with Crippen molar-refractivity contribution in [3.05, 3.63) is 64.6 Å². The first-order valence-corrected chi connectivity index (χ1v) is 8.39. The number of halogens is 1. The van der Waals surface area contributed by atoms with Gasteiger partial charge in [0.2, 0.25) is 5.91 Å². The average Bonchev–Trinajstić information content (AvgIpc) is 2.90. The van der Waals surface area contributed by atoms with Crippen LogP contribution in [-0.4, -0.2) is 57.3 Å². The second kappa shape index (κ2) is 7.90. The molecule has 1 aliphatic heterocycles. The molecule has 26 heavy (non-hydrogen) atoms. The van der Waals surface area contributed by atoms with Gasteiger partial charge in [-0.25, -0.2) is 14.2 Å². The van der Waals surface area contributed by atoms with E-state index in [4.69, 9.17) is 0 Å². The van der Waals surface area contributed by atoms with Crippen LogP contribution >= 0.6 is 0 Å². The molecule has 1 fully saturated rings. The Balaban J connectivity index is 1.64. The molecule has 0 N–H and O–H groups in total. The minimum absolute atomic E-state index is 0.0363. The fourth-order valence-corrected chi connectivity index (χ4v) is 2.93. The normalized spacial score (nSPS) is 14.8. The average molecular weight is 358 g/mol. The number of carbonyl (C=O) groups excluding carboxylic acids is 2. The van der Waals surface area contributed by atoms with Crippen LogP contribution in [0.4, 0.5) is 4.39 Å². The fourth-order valence-electron chi connectivity index (χ4n) is 2.93. The van der Waals surface area contributed by atoms with E-state index in [1.54, 1.807) is 21.9 Å². The van der Waals surface area contributed by atoms with E-state index >= 15 is 0 Å². The first kappa shape index (κ1) is 17.8. The van der Waals surface area contributed by atoms with Crippen LogP contribution < -0.4 is 5.69 Å². The van der Waals surface area contributed by atoms with Crippen LogP contribution in [0.3, 0.4) is 0 Å². The molecule has 1 aromatic carbocycles. The van der Waals surface area contributed by atoms with E-state index in [2.05, 4.69) is 4.98 Å². The van der Waals surface area contributed by atoms with Gasteiger partial charge < -0.3 is 9.80 Å². The minimum Gasteiger partial charge on any atom is -0.339 e. The second-order valence-electron chi connectivity index (χ2n) is 6.04. The van der Waals surface area contributed by atoms with Gasteiger partial charge in [-0.1, -0.05) is 12.1 Å². The van der Waals surface area contributed by atoms with Crippen LogP contribution in [0.25, 0.3) is 0 Å². The summed E-state index contributed by atoms with van der Waals surface area (Å²) in [6.45, 7) is 1.50. The van der Waals surface area contributed by atoms with E-state index in [1.165, 1.54) is 35.2 Å². The largest absolute Gasteiger partial charge is 0.347 e. The SMILES string of the molecule is O=C(Cn1cccnc1=O)N1CCCN(C(=O)c2ccccc2F)CC1. The molecule has 1 aromatic heterocycles. The van der Waals surface area contributed by atoms with Crippen molar-refractivity contribution in [2.24, 2.45) is 0 Å². The predicted molar refractivity (Wildman–Crippen MR) is 92.0 cm³/mol. The van der Waals surface area contributed by atoms with Crippen LogP contribution in [0.1, 0.15) is 16.8 Å². The lowest BCUT2D eigenvalue weighted by atomic mass is 10.2. The number of benzene rings is 1. The Kier molecular flexibility index (Phi) is 5.40. The topological polar surface area (TPSA) is 75.5 Å². The van der Waals surface area contributed by atoms with Crippen LogP contribution in [0.2, 0.25) is 0 Å². The molecule has 2 heterocycles. The van der Waals surface area contributed by atoms with Crippen LogP contribution in [-0.2, 0) is 11.3 Å². The molecule has 2 amide bonds. The van der Waals surface area contributed by atoms with E-state index < -0.39 is 11.5 Å². The smallest absolute Gasteiger partial charge is 0.339 e. The van der Waals surface area contributed by atoms with Gasteiger partial charge in [0.25, 0.3) is 5.91 Å². The molecule has 136 valence electrons. The molecule has 0 atom stereocenters. The van der Waals surface area contributed by atoms with Crippen molar-refractivity contribution >= 4 is 11.8 Å².